The highest BCUT2D eigenvalue weighted by Crippen LogP contribution is 2.03. The maximum absolute atomic E-state index is 11.1. The van der Waals surface area contributed by atoms with Gasteiger partial charge in [-0.15, -0.1) is 0 Å². The molecule has 1 aliphatic rings. The molecule has 1 fully saturated rings. The molecule has 4 nitrogen and oxygen atoms in total. The molecule has 0 aromatic carbocycles. The molecule has 0 radical (unpaired) electrons. The molecule has 0 aliphatic carbocycles. The number of nitrogens with zero attached hydrogens (tertiary/aromatic N) is 1. The normalized spacial score (nSPS) is 28.6. The molecule has 0 aromatic heterocycles. The van der Waals surface area contributed by atoms with Crippen LogP contribution >= 0.6 is 0 Å². The zero-order valence-electron chi connectivity index (χ0n) is 7.67. The average Bonchev–Trinajstić information content (AvgIpc) is 2.49. The van der Waals surface area contributed by atoms with Crippen LogP contribution in [0.3, 0.4) is 0 Å². The van der Waals surface area contributed by atoms with E-state index in [-0.39, 0.29) is 6.09 Å². The summed E-state index contributed by atoms with van der Waals surface area (Å²) in [6.07, 6.45) is 0.763. The number of likely N-dealkylation sites (tertiary alicyclic amines) is 1. The summed E-state index contributed by atoms with van der Waals surface area (Å²) in [4.78, 5) is 14.0. The van der Waals surface area contributed by atoms with Crippen molar-refractivity contribution in [2.75, 3.05) is 27.2 Å². The Labute approximate surface area is 73.1 Å². The van der Waals surface area contributed by atoms with Crippen molar-refractivity contribution in [2.45, 2.75) is 12.5 Å². The summed E-state index contributed by atoms with van der Waals surface area (Å²) in [6.45, 7) is 1.96. The fraction of sp³-hybridized carbons (Fsp3) is 0.750. The monoisotopic (exact) mass is 172 g/mol. The predicted octanol–water partition coefficient (Wildman–Crippen LogP) is -0.867. The molecule has 1 amide bonds. The van der Waals surface area contributed by atoms with Crippen LogP contribution in [0, 0.1) is 7.05 Å². The zero-order chi connectivity index (χ0) is 9.14. The first-order valence-electron chi connectivity index (χ1n) is 4.12. The first-order chi connectivity index (χ1) is 5.65. The molecule has 1 rings (SSSR count). The van der Waals surface area contributed by atoms with E-state index in [0.717, 1.165) is 19.5 Å². The number of hydrogen-bond acceptors (Lipinski definition) is 2. The first-order valence-corrected chi connectivity index (χ1v) is 4.12. The van der Waals surface area contributed by atoms with Crippen molar-refractivity contribution in [3.05, 3.63) is 7.05 Å². The summed E-state index contributed by atoms with van der Waals surface area (Å²) in [5, 5.41) is 0. The smallest absolute Gasteiger partial charge is 0.409 e. The zero-order valence-corrected chi connectivity index (χ0v) is 7.67. The number of ether oxygens (including phenoxy) is 1. The summed E-state index contributed by atoms with van der Waals surface area (Å²) in [5.41, 5.74) is 0. The van der Waals surface area contributed by atoms with Crippen molar-refractivity contribution < 1.29 is 14.4 Å². The van der Waals surface area contributed by atoms with Gasteiger partial charge in [0.2, 0.25) is 0 Å². The summed E-state index contributed by atoms with van der Waals surface area (Å²) in [6, 6.07) is 0.296. The third kappa shape index (κ3) is 1.88. The number of rotatable bonds is 1. The van der Waals surface area contributed by atoms with Gasteiger partial charge in [-0.3, -0.25) is 0 Å². The van der Waals surface area contributed by atoms with Gasteiger partial charge in [0.25, 0.3) is 0 Å². The van der Waals surface area contributed by atoms with E-state index in [1.54, 1.807) is 11.9 Å². The maximum Gasteiger partial charge on any atom is 0.409 e. The van der Waals surface area contributed by atoms with Crippen molar-refractivity contribution in [2.24, 2.45) is 0 Å². The quantitative estimate of drug-likeness (QED) is 0.522. The molecule has 70 valence electrons. The van der Waals surface area contributed by atoms with Gasteiger partial charge in [-0.2, -0.15) is 7.05 Å². The number of amides is 1. The Morgan fingerprint density at radius 2 is 2.42 bits per heavy atom. The Bertz CT molecular complexity index is 172. The Kier molecular flexibility index (Phi) is 2.92. The lowest BCUT2D eigenvalue weighted by Gasteiger charge is -2.21. The number of carbonyl (C=O) groups excluding carboxylic acids is 1. The van der Waals surface area contributed by atoms with Gasteiger partial charge in [-0.25, -0.2) is 4.79 Å². The SMILES string of the molecule is [CH2-][NH+]1CC[C@@H](N(C)C(=O)OC)C1. The minimum absolute atomic E-state index is 0.255. The molecular formula is C8H16N2O2. The highest BCUT2D eigenvalue weighted by Gasteiger charge is 2.27. The lowest BCUT2D eigenvalue weighted by Crippen LogP contribution is -3.05. The molecule has 1 heterocycles. The lowest BCUT2D eigenvalue weighted by atomic mass is 10.2. The van der Waals surface area contributed by atoms with E-state index in [1.165, 1.54) is 12.0 Å². The van der Waals surface area contributed by atoms with E-state index in [1.807, 2.05) is 0 Å². The Morgan fingerprint density at radius 3 is 2.83 bits per heavy atom. The van der Waals surface area contributed by atoms with Gasteiger partial charge in [-0.05, 0) is 0 Å². The molecule has 1 saturated heterocycles. The van der Waals surface area contributed by atoms with E-state index >= 15 is 0 Å². The van der Waals surface area contributed by atoms with Crippen LogP contribution in [0.25, 0.3) is 0 Å². The minimum Gasteiger partial charge on any atom is -0.466 e. The molecule has 0 saturated carbocycles. The van der Waals surface area contributed by atoms with Crippen LogP contribution in [0.5, 0.6) is 0 Å². The van der Waals surface area contributed by atoms with E-state index in [0.29, 0.717) is 6.04 Å². The van der Waals surface area contributed by atoms with Crippen LogP contribution in [0.2, 0.25) is 0 Å². The van der Waals surface area contributed by atoms with Gasteiger partial charge in [0.1, 0.15) is 0 Å². The van der Waals surface area contributed by atoms with E-state index in [2.05, 4.69) is 11.8 Å². The van der Waals surface area contributed by atoms with Crippen LogP contribution in [0.1, 0.15) is 6.42 Å². The van der Waals surface area contributed by atoms with Crippen LogP contribution in [-0.2, 0) is 4.74 Å². The molecule has 0 aromatic rings. The second-order valence-corrected chi connectivity index (χ2v) is 3.23. The second-order valence-electron chi connectivity index (χ2n) is 3.23. The number of quaternary nitrogens is 1. The van der Waals surface area contributed by atoms with Gasteiger partial charge in [0.05, 0.1) is 26.2 Å². The van der Waals surface area contributed by atoms with Gasteiger partial charge >= 0.3 is 6.09 Å². The second kappa shape index (κ2) is 3.76. The van der Waals surface area contributed by atoms with Crippen molar-refractivity contribution in [3.8, 4) is 0 Å². The fourth-order valence-electron chi connectivity index (χ4n) is 1.53. The first kappa shape index (κ1) is 9.32. The number of hydrogen-bond donors (Lipinski definition) is 1. The number of carbonyl (C=O) groups is 1. The van der Waals surface area contributed by atoms with Gasteiger partial charge < -0.3 is 14.5 Å². The summed E-state index contributed by atoms with van der Waals surface area (Å²) >= 11 is 0. The molecule has 1 N–H and O–H groups in total. The molecule has 1 aliphatic heterocycles. The van der Waals surface area contributed by atoms with Crippen LogP contribution in [0.4, 0.5) is 4.79 Å². The van der Waals surface area contributed by atoms with Crippen molar-refractivity contribution in [3.63, 3.8) is 0 Å². The molecule has 1 unspecified atom stereocenters. The van der Waals surface area contributed by atoms with Crippen molar-refractivity contribution in [1.29, 1.82) is 0 Å². The number of methoxy groups -OCH3 is 1. The Balaban J connectivity index is 2.42. The third-order valence-corrected chi connectivity index (χ3v) is 2.37. The largest absolute Gasteiger partial charge is 0.466 e. The average molecular weight is 172 g/mol. The number of likely N-dealkylation sites (N-methyl/N-ethyl adjacent to an activating group) is 1. The molecule has 0 bridgehead atoms. The highest BCUT2D eigenvalue weighted by atomic mass is 16.5. The summed E-state index contributed by atoms with van der Waals surface area (Å²) < 4.78 is 4.62. The number of nitrogens with one attached hydrogen (secondary N) is 1. The predicted molar refractivity (Wildman–Crippen MR) is 44.6 cm³/mol. The van der Waals surface area contributed by atoms with Crippen LogP contribution in [0.15, 0.2) is 0 Å². The third-order valence-electron chi connectivity index (χ3n) is 2.37. The minimum atomic E-state index is -0.255. The van der Waals surface area contributed by atoms with Crippen molar-refractivity contribution in [1.82, 2.24) is 4.90 Å². The van der Waals surface area contributed by atoms with E-state index < -0.39 is 0 Å². The maximum atomic E-state index is 11.1. The van der Waals surface area contributed by atoms with E-state index in [9.17, 15) is 4.79 Å². The molecule has 2 atom stereocenters. The highest BCUT2D eigenvalue weighted by molar-refractivity contribution is 5.67. The summed E-state index contributed by atoms with van der Waals surface area (Å²) in [5.74, 6) is 0. The van der Waals surface area contributed by atoms with Gasteiger partial charge in [-0.1, -0.05) is 0 Å². The summed E-state index contributed by atoms with van der Waals surface area (Å²) in [7, 11) is 7.07. The van der Waals surface area contributed by atoms with Crippen LogP contribution in [-0.4, -0.2) is 44.3 Å². The van der Waals surface area contributed by atoms with Crippen LogP contribution < -0.4 is 4.90 Å². The topological polar surface area (TPSA) is 34.0 Å². The molecule has 4 heteroatoms. The lowest BCUT2D eigenvalue weighted by molar-refractivity contribution is -0.840. The molecule has 0 spiro atoms. The van der Waals surface area contributed by atoms with Gasteiger partial charge in [0, 0.05) is 13.5 Å². The van der Waals surface area contributed by atoms with Gasteiger partial charge in [0.15, 0.2) is 0 Å². The van der Waals surface area contributed by atoms with Crippen molar-refractivity contribution >= 4 is 6.09 Å². The molecule has 12 heavy (non-hydrogen) atoms. The Morgan fingerprint density at radius 1 is 1.75 bits per heavy atom. The Hall–Kier alpha value is -0.770. The standard InChI is InChI=1S/C8H16N2O2/c1-9-5-4-7(6-9)10(2)8(11)12-3/h7,9H,1,4-6H2,2-3H3/t7-/m1/s1. The van der Waals surface area contributed by atoms with E-state index in [4.69, 9.17) is 0 Å². The fourth-order valence-corrected chi connectivity index (χ4v) is 1.53. The molecular weight excluding hydrogens is 156 g/mol.